The van der Waals surface area contributed by atoms with Gasteiger partial charge < -0.3 is 19.3 Å². The van der Waals surface area contributed by atoms with Gasteiger partial charge in [0.25, 0.3) is 0 Å². The van der Waals surface area contributed by atoms with Gasteiger partial charge in [-0.15, -0.1) is 0 Å². The Labute approximate surface area is 102 Å². The summed E-state index contributed by atoms with van der Waals surface area (Å²) in [7, 11) is 1.59. The number of hydrogen-bond acceptors (Lipinski definition) is 4. The van der Waals surface area contributed by atoms with Crippen LogP contribution in [0.2, 0.25) is 0 Å². The minimum absolute atomic E-state index is 0.492. The summed E-state index contributed by atoms with van der Waals surface area (Å²) in [6.45, 7) is 4.71. The van der Waals surface area contributed by atoms with Crippen molar-refractivity contribution in [2.75, 3.05) is 20.3 Å². The predicted octanol–water partition coefficient (Wildman–Crippen LogP) is 2.13. The molecule has 1 rings (SSSR count). The van der Waals surface area contributed by atoms with Crippen LogP contribution >= 0.6 is 0 Å². The first-order chi connectivity index (χ1) is 8.22. The van der Waals surface area contributed by atoms with Gasteiger partial charge in [0.2, 0.25) is 0 Å². The molecular weight excluding hydrogens is 220 g/mol. The van der Waals surface area contributed by atoms with Crippen molar-refractivity contribution in [1.29, 1.82) is 0 Å². The molecule has 1 atom stereocenters. The highest BCUT2D eigenvalue weighted by Gasteiger charge is 2.21. The molecule has 0 radical (unpaired) electrons. The first kappa shape index (κ1) is 14.0. The second-order valence-electron chi connectivity index (χ2n) is 3.50. The number of rotatable bonds is 7. The van der Waals surface area contributed by atoms with Crippen molar-refractivity contribution in [1.82, 2.24) is 0 Å². The summed E-state index contributed by atoms with van der Waals surface area (Å²) in [5, 5.41) is 10.2. The van der Waals surface area contributed by atoms with Gasteiger partial charge >= 0.3 is 0 Å². The normalized spacial score (nSPS) is 12.8. The predicted molar refractivity (Wildman–Crippen MR) is 65.0 cm³/mol. The Hall–Kier alpha value is -1.10. The highest BCUT2D eigenvalue weighted by molar-refractivity contribution is 5.30. The SMILES string of the molecule is CCOC(OCC)C(O)c1cccc(OC)c1. The number of ether oxygens (including phenoxy) is 3. The molecule has 0 amide bonds. The van der Waals surface area contributed by atoms with Crippen molar-refractivity contribution in [3.8, 4) is 5.75 Å². The molecule has 96 valence electrons. The van der Waals surface area contributed by atoms with Crippen molar-refractivity contribution in [3.63, 3.8) is 0 Å². The van der Waals surface area contributed by atoms with Crippen LogP contribution in [-0.4, -0.2) is 31.7 Å². The Balaban J connectivity index is 2.79. The second kappa shape index (κ2) is 7.27. The van der Waals surface area contributed by atoms with E-state index >= 15 is 0 Å². The van der Waals surface area contributed by atoms with Crippen LogP contribution in [-0.2, 0) is 9.47 Å². The van der Waals surface area contributed by atoms with Gasteiger partial charge in [-0.3, -0.25) is 0 Å². The van der Waals surface area contributed by atoms with Crippen LogP contribution in [0.25, 0.3) is 0 Å². The minimum atomic E-state index is -0.815. The lowest BCUT2D eigenvalue weighted by molar-refractivity contribution is -0.191. The lowest BCUT2D eigenvalue weighted by Crippen LogP contribution is -2.25. The summed E-state index contributed by atoms with van der Waals surface area (Å²) in [5.41, 5.74) is 0.719. The van der Waals surface area contributed by atoms with Gasteiger partial charge in [-0.25, -0.2) is 0 Å². The van der Waals surface area contributed by atoms with Crippen molar-refractivity contribution in [3.05, 3.63) is 29.8 Å². The van der Waals surface area contributed by atoms with Crippen LogP contribution in [0.4, 0.5) is 0 Å². The van der Waals surface area contributed by atoms with Gasteiger partial charge in [-0.2, -0.15) is 0 Å². The summed E-state index contributed by atoms with van der Waals surface area (Å²) >= 11 is 0. The molecule has 1 aromatic carbocycles. The Morgan fingerprint density at radius 2 is 1.82 bits per heavy atom. The molecule has 17 heavy (non-hydrogen) atoms. The highest BCUT2D eigenvalue weighted by atomic mass is 16.7. The molecule has 0 saturated heterocycles. The number of methoxy groups -OCH3 is 1. The molecule has 0 aromatic heterocycles. The van der Waals surface area contributed by atoms with Gasteiger partial charge in [0.15, 0.2) is 6.29 Å². The largest absolute Gasteiger partial charge is 0.497 e. The highest BCUT2D eigenvalue weighted by Crippen LogP contribution is 2.23. The lowest BCUT2D eigenvalue weighted by Gasteiger charge is -2.23. The molecule has 0 saturated carbocycles. The third-order valence-corrected chi connectivity index (χ3v) is 2.35. The molecule has 1 aromatic rings. The lowest BCUT2D eigenvalue weighted by atomic mass is 10.1. The molecule has 1 unspecified atom stereocenters. The van der Waals surface area contributed by atoms with Crippen LogP contribution in [0.3, 0.4) is 0 Å². The third kappa shape index (κ3) is 4.00. The topological polar surface area (TPSA) is 47.9 Å². The first-order valence-corrected chi connectivity index (χ1v) is 5.78. The van der Waals surface area contributed by atoms with E-state index in [-0.39, 0.29) is 0 Å². The second-order valence-corrected chi connectivity index (χ2v) is 3.50. The number of aliphatic hydroxyl groups excluding tert-OH is 1. The van der Waals surface area contributed by atoms with Crippen molar-refractivity contribution in [2.24, 2.45) is 0 Å². The summed E-state index contributed by atoms with van der Waals surface area (Å²) in [6.07, 6.45) is -1.46. The van der Waals surface area contributed by atoms with E-state index in [0.717, 1.165) is 5.56 Å². The van der Waals surface area contributed by atoms with E-state index in [2.05, 4.69) is 0 Å². The quantitative estimate of drug-likeness (QED) is 0.742. The van der Waals surface area contributed by atoms with Gasteiger partial charge in [-0.05, 0) is 31.5 Å². The average molecular weight is 240 g/mol. The van der Waals surface area contributed by atoms with Gasteiger partial charge in [0, 0.05) is 13.2 Å². The number of benzene rings is 1. The molecule has 0 bridgehead atoms. The molecule has 1 N–H and O–H groups in total. The first-order valence-electron chi connectivity index (χ1n) is 5.78. The fourth-order valence-electron chi connectivity index (χ4n) is 1.54. The van der Waals surface area contributed by atoms with Gasteiger partial charge in [0.1, 0.15) is 11.9 Å². The van der Waals surface area contributed by atoms with Crippen LogP contribution in [0.1, 0.15) is 25.5 Å². The van der Waals surface area contributed by atoms with Crippen LogP contribution in [0.5, 0.6) is 5.75 Å². The van der Waals surface area contributed by atoms with Crippen molar-refractivity contribution < 1.29 is 19.3 Å². The Morgan fingerprint density at radius 3 is 2.35 bits per heavy atom. The molecule has 0 fully saturated rings. The molecule has 0 spiro atoms. The van der Waals surface area contributed by atoms with Crippen LogP contribution in [0.15, 0.2) is 24.3 Å². The van der Waals surface area contributed by atoms with Crippen LogP contribution < -0.4 is 4.74 Å². The van der Waals surface area contributed by atoms with E-state index in [1.54, 1.807) is 13.2 Å². The minimum Gasteiger partial charge on any atom is -0.497 e. The van der Waals surface area contributed by atoms with E-state index in [1.807, 2.05) is 32.0 Å². The Kier molecular flexibility index (Phi) is 5.97. The van der Waals surface area contributed by atoms with E-state index in [0.29, 0.717) is 19.0 Å². The van der Waals surface area contributed by atoms with Gasteiger partial charge in [-0.1, -0.05) is 12.1 Å². The summed E-state index contributed by atoms with van der Waals surface area (Å²) in [6, 6.07) is 7.24. The number of hydrogen-bond donors (Lipinski definition) is 1. The van der Waals surface area contributed by atoms with E-state index in [4.69, 9.17) is 14.2 Å². The maximum Gasteiger partial charge on any atom is 0.187 e. The molecule has 4 nitrogen and oxygen atoms in total. The fraction of sp³-hybridized carbons (Fsp3) is 0.538. The standard InChI is InChI=1S/C13H20O4/c1-4-16-13(17-5-2)12(14)10-7-6-8-11(9-10)15-3/h6-9,12-14H,4-5H2,1-3H3. The third-order valence-electron chi connectivity index (χ3n) is 2.35. The van der Waals surface area contributed by atoms with Gasteiger partial charge in [0.05, 0.1) is 7.11 Å². The monoisotopic (exact) mass is 240 g/mol. The molecule has 0 aliphatic carbocycles. The van der Waals surface area contributed by atoms with Crippen molar-refractivity contribution in [2.45, 2.75) is 26.2 Å². The maximum atomic E-state index is 10.2. The zero-order valence-corrected chi connectivity index (χ0v) is 10.6. The number of aliphatic hydroxyl groups is 1. The molecule has 0 aliphatic rings. The van der Waals surface area contributed by atoms with Crippen molar-refractivity contribution >= 4 is 0 Å². The Morgan fingerprint density at radius 1 is 1.18 bits per heavy atom. The Bertz CT molecular complexity index is 321. The fourth-order valence-corrected chi connectivity index (χ4v) is 1.54. The molecule has 0 aliphatic heterocycles. The molecule has 4 heteroatoms. The maximum absolute atomic E-state index is 10.2. The summed E-state index contributed by atoms with van der Waals surface area (Å²) < 4.78 is 15.8. The molecular formula is C13H20O4. The zero-order chi connectivity index (χ0) is 12.7. The molecule has 0 heterocycles. The van der Waals surface area contributed by atoms with E-state index in [1.165, 1.54) is 0 Å². The summed E-state index contributed by atoms with van der Waals surface area (Å²) in [4.78, 5) is 0. The smallest absolute Gasteiger partial charge is 0.187 e. The van der Waals surface area contributed by atoms with E-state index < -0.39 is 12.4 Å². The summed E-state index contributed by atoms with van der Waals surface area (Å²) in [5.74, 6) is 0.702. The van der Waals surface area contributed by atoms with Crippen LogP contribution in [0, 0.1) is 0 Å². The zero-order valence-electron chi connectivity index (χ0n) is 10.6. The average Bonchev–Trinajstić information content (AvgIpc) is 2.38. The van der Waals surface area contributed by atoms with E-state index in [9.17, 15) is 5.11 Å².